The van der Waals surface area contributed by atoms with Crippen LogP contribution in [0.3, 0.4) is 0 Å². The first-order valence-electron chi connectivity index (χ1n) is 10.5. The van der Waals surface area contributed by atoms with Gasteiger partial charge in [0.25, 0.3) is 0 Å². The number of aromatic nitrogens is 3. The molecule has 1 saturated heterocycles. The monoisotopic (exact) mass is 426 g/mol. The third kappa shape index (κ3) is 3.33. The Bertz CT molecular complexity index is 1190. The van der Waals surface area contributed by atoms with E-state index in [4.69, 9.17) is 9.72 Å². The van der Waals surface area contributed by atoms with E-state index >= 15 is 0 Å². The van der Waals surface area contributed by atoms with Crippen molar-refractivity contribution in [1.82, 2.24) is 18.8 Å². The molecule has 1 fully saturated rings. The molecule has 2 aromatic heterocycles. The van der Waals surface area contributed by atoms with Crippen LogP contribution in [0.4, 0.5) is 0 Å². The van der Waals surface area contributed by atoms with Crippen molar-refractivity contribution in [2.24, 2.45) is 0 Å². The molecule has 0 spiro atoms. The molecule has 30 heavy (non-hydrogen) atoms. The summed E-state index contributed by atoms with van der Waals surface area (Å²) in [6.07, 6.45) is 5.64. The molecule has 3 aromatic rings. The van der Waals surface area contributed by atoms with Gasteiger partial charge >= 0.3 is 0 Å². The molecule has 1 aromatic carbocycles. The molecule has 2 aliphatic rings. The topological polar surface area (TPSA) is 77.3 Å². The van der Waals surface area contributed by atoms with Crippen molar-refractivity contribution in [3.63, 3.8) is 0 Å². The summed E-state index contributed by atoms with van der Waals surface area (Å²) in [6.45, 7) is 2.15. The van der Waals surface area contributed by atoms with Gasteiger partial charge in [0.15, 0.2) is 5.65 Å². The Morgan fingerprint density at radius 1 is 1.20 bits per heavy atom. The predicted molar refractivity (Wildman–Crippen MR) is 114 cm³/mol. The number of aryl methyl sites for hydroxylation is 2. The lowest BCUT2D eigenvalue weighted by atomic mass is 10.1. The first-order valence-corrected chi connectivity index (χ1v) is 11.9. The number of methoxy groups -OCH3 is 1. The Morgan fingerprint density at radius 3 is 2.93 bits per heavy atom. The van der Waals surface area contributed by atoms with E-state index in [-0.39, 0.29) is 5.92 Å². The summed E-state index contributed by atoms with van der Waals surface area (Å²) < 4.78 is 35.6. The Hall–Kier alpha value is -2.29. The van der Waals surface area contributed by atoms with Crippen LogP contribution in [-0.2, 0) is 34.1 Å². The lowest BCUT2D eigenvalue weighted by Crippen LogP contribution is -2.29. The normalized spacial score (nSPS) is 19.6. The number of nitrogens with zero attached hydrogens (tertiary/aromatic N) is 4. The third-order valence-corrected chi connectivity index (χ3v) is 8.14. The maximum absolute atomic E-state index is 13.3. The van der Waals surface area contributed by atoms with Crippen LogP contribution >= 0.6 is 0 Å². The van der Waals surface area contributed by atoms with Gasteiger partial charge in [-0.2, -0.15) is 4.31 Å². The minimum atomic E-state index is -3.51. The molecule has 0 unspecified atom stereocenters. The number of pyridine rings is 1. The highest BCUT2D eigenvalue weighted by atomic mass is 32.2. The molecule has 1 atom stereocenters. The van der Waals surface area contributed by atoms with Crippen LogP contribution in [0.2, 0.25) is 0 Å². The van der Waals surface area contributed by atoms with Gasteiger partial charge in [0.1, 0.15) is 11.3 Å². The maximum atomic E-state index is 13.3. The molecule has 1 aliphatic heterocycles. The number of ether oxygens (including phenoxy) is 1. The molecule has 158 valence electrons. The van der Waals surface area contributed by atoms with E-state index in [1.807, 2.05) is 24.3 Å². The van der Waals surface area contributed by atoms with Crippen molar-refractivity contribution in [2.45, 2.75) is 43.0 Å². The van der Waals surface area contributed by atoms with Gasteiger partial charge in [-0.15, -0.1) is 0 Å². The van der Waals surface area contributed by atoms with Crippen LogP contribution in [0.15, 0.2) is 41.4 Å². The SMILES string of the molecule is COCCn1c([C@H]2CCN(S(=O)(=O)c3ccc4c(c3)CCC4)C2)nc2cccnc21. The van der Waals surface area contributed by atoms with Crippen LogP contribution in [0.1, 0.15) is 35.7 Å². The number of sulfonamides is 1. The predicted octanol–water partition coefficient (Wildman–Crippen LogP) is 2.74. The van der Waals surface area contributed by atoms with Gasteiger partial charge in [-0.05, 0) is 61.1 Å². The number of hydrogen-bond donors (Lipinski definition) is 0. The fraction of sp³-hybridized carbons (Fsp3) is 0.455. The van der Waals surface area contributed by atoms with Crippen LogP contribution in [0.25, 0.3) is 11.2 Å². The Kier molecular flexibility index (Phi) is 5.08. The molecular weight excluding hydrogens is 400 g/mol. The fourth-order valence-electron chi connectivity index (χ4n) is 4.71. The summed E-state index contributed by atoms with van der Waals surface area (Å²) in [6, 6.07) is 9.45. The average Bonchev–Trinajstić information content (AvgIpc) is 3.49. The minimum absolute atomic E-state index is 0.0419. The number of hydrogen-bond acceptors (Lipinski definition) is 5. The largest absolute Gasteiger partial charge is 0.383 e. The standard InChI is InChI=1S/C22H26N4O3S/c1-29-13-12-26-21(24-20-6-3-10-23-22(20)26)18-9-11-25(15-18)30(27,28)19-8-7-16-4-2-5-17(16)14-19/h3,6-8,10,14,18H,2,4-5,9,11-13,15H2,1H3/t18-/m0/s1. The summed E-state index contributed by atoms with van der Waals surface area (Å²) in [5.41, 5.74) is 4.12. The van der Waals surface area contributed by atoms with Gasteiger partial charge in [-0.3, -0.25) is 0 Å². The zero-order valence-electron chi connectivity index (χ0n) is 17.1. The van der Waals surface area contributed by atoms with Crippen molar-refractivity contribution in [3.05, 3.63) is 53.5 Å². The summed E-state index contributed by atoms with van der Waals surface area (Å²) in [5.74, 6) is 0.938. The molecule has 0 saturated carbocycles. The molecule has 8 heteroatoms. The molecule has 0 bridgehead atoms. The first-order chi connectivity index (χ1) is 14.6. The number of imidazole rings is 1. The van der Waals surface area contributed by atoms with E-state index in [0.29, 0.717) is 31.1 Å². The van der Waals surface area contributed by atoms with Gasteiger partial charge in [0.05, 0.1) is 11.5 Å². The zero-order chi connectivity index (χ0) is 20.7. The van der Waals surface area contributed by atoms with Crippen molar-refractivity contribution < 1.29 is 13.2 Å². The fourth-order valence-corrected chi connectivity index (χ4v) is 6.26. The highest BCUT2D eigenvalue weighted by Gasteiger charge is 2.36. The second kappa shape index (κ2) is 7.76. The number of fused-ring (bicyclic) bond motifs is 2. The van der Waals surface area contributed by atoms with Crippen molar-refractivity contribution in [3.8, 4) is 0 Å². The van der Waals surface area contributed by atoms with Crippen molar-refractivity contribution in [1.29, 1.82) is 0 Å². The highest BCUT2D eigenvalue weighted by molar-refractivity contribution is 7.89. The van der Waals surface area contributed by atoms with E-state index in [0.717, 1.165) is 42.7 Å². The number of rotatable bonds is 6. The highest BCUT2D eigenvalue weighted by Crippen LogP contribution is 2.33. The maximum Gasteiger partial charge on any atom is 0.243 e. The molecule has 3 heterocycles. The van der Waals surface area contributed by atoms with E-state index in [2.05, 4.69) is 9.55 Å². The van der Waals surface area contributed by atoms with Crippen molar-refractivity contribution >= 4 is 21.2 Å². The number of benzene rings is 1. The van der Waals surface area contributed by atoms with Gasteiger partial charge < -0.3 is 9.30 Å². The van der Waals surface area contributed by atoms with Crippen LogP contribution in [0, 0.1) is 0 Å². The summed E-state index contributed by atoms with van der Waals surface area (Å²) in [7, 11) is -1.83. The van der Waals surface area contributed by atoms with E-state index < -0.39 is 10.0 Å². The summed E-state index contributed by atoms with van der Waals surface area (Å²) in [5, 5.41) is 0. The smallest absolute Gasteiger partial charge is 0.243 e. The molecule has 0 N–H and O–H groups in total. The first kappa shape index (κ1) is 19.7. The third-order valence-electron chi connectivity index (χ3n) is 6.28. The Morgan fingerprint density at radius 2 is 2.07 bits per heavy atom. The lowest BCUT2D eigenvalue weighted by molar-refractivity contribution is 0.187. The zero-order valence-corrected chi connectivity index (χ0v) is 17.9. The molecular formula is C22H26N4O3S. The van der Waals surface area contributed by atoms with Crippen LogP contribution in [-0.4, -0.2) is 54.1 Å². The second-order valence-corrected chi connectivity index (χ2v) is 10.0. The van der Waals surface area contributed by atoms with Gasteiger partial charge in [-0.25, -0.2) is 18.4 Å². The van der Waals surface area contributed by atoms with E-state index in [1.165, 1.54) is 11.1 Å². The van der Waals surface area contributed by atoms with Gasteiger partial charge in [-0.1, -0.05) is 6.07 Å². The summed E-state index contributed by atoms with van der Waals surface area (Å²) >= 11 is 0. The van der Waals surface area contributed by atoms with Gasteiger partial charge in [0, 0.05) is 38.9 Å². The van der Waals surface area contributed by atoms with Gasteiger partial charge in [0.2, 0.25) is 10.0 Å². The van der Waals surface area contributed by atoms with Crippen molar-refractivity contribution in [2.75, 3.05) is 26.8 Å². The summed E-state index contributed by atoms with van der Waals surface area (Å²) in [4.78, 5) is 9.71. The molecule has 5 rings (SSSR count). The average molecular weight is 427 g/mol. The molecule has 0 radical (unpaired) electrons. The minimum Gasteiger partial charge on any atom is -0.383 e. The Labute approximate surface area is 176 Å². The molecule has 7 nitrogen and oxygen atoms in total. The molecule has 1 aliphatic carbocycles. The Balaban J connectivity index is 1.43. The van der Waals surface area contributed by atoms with Crippen LogP contribution in [0.5, 0.6) is 0 Å². The van der Waals surface area contributed by atoms with Crippen LogP contribution < -0.4 is 0 Å². The van der Waals surface area contributed by atoms with E-state index in [9.17, 15) is 8.42 Å². The van der Waals surface area contributed by atoms with E-state index in [1.54, 1.807) is 23.7 Å². The molecule has 0 amide bonds. The lowest BCUT2D eigenvalue weighted by Gasteiger charge is -2.18. The second-order valence-electron chi connectivity index (χ2n) is 8.09. The quantitative estimate of drug-likeness (QED) is 0.606.